The first-order chi connectivity index (χ1) is 10.0. The fraction of sp³-hybridized carbons (Fsp3) is 0.231. The Kier molecular flexibility index (Phi) is 4.17. The zero-order valence-corrected chi connectivity index (χ0v) is 11.5. The molecule has 0 saturated carbocycles. The molecule has 8 nitrogen and oxygen atoms in total. The number of rotatable bonds is 5. The van der Waals surface area contributed by atoms with E-state index in [2.05, 4.69) is 15.6 Å². The molecule has 21 heavy (non-hydrogen) atoms. The molecule has 0 spiro atoms. The standard InChI is InChI=1S/C13H14N4O4/c1-8-16-10(7-21-8)6-15-11-4-3-9(13(18)14-2)5-12(11)17(19)20/h3-5,7,15H,6H2,1-2H3,(H,14,18). The van der Waals surface area contributed by atoms with Crippen LogP contribution in [0.2, 0.25) is 0 Å². The highest BCUT2D eigenvalue weighted by molar-refractivity contribution is 5.95. The van der Waals surface area contributed by atoms with Gasteiger partial charge in [-0.2, -0.15) is 0 Å². The van der Waals surface area contributed by atoms with Crippen molar-refractivity contribution in [1.29, 1.82) is 0 Å². The van der Waals surface area contributed by atoms with E-state index < -0.39 is 4.92 Å². The number of benzene rings is 1. The predicted molar refractivity (Wildman–Crippen MR) is 75.1 cm³/mol. The smallest absolute Gasteiger partial charge is 0.293 e. The lowest BCUT2D eigenvalue weighted by atomic mass is 10.1. The van der Waals surface area contributed by atoms with Crippen LogP contribution in [0.1, 0.15) is 21.9 Å². The monoisotopic (exact) mass is 290 g/mol. The van der Waals surface area contributed by atoms with Crippen molar-refractivity contribution < 1.29 is 14.1 Å². The number of amides is 1. The third kappa shape index (κ3) is 3.35. The summed E-state index contributed by atoms with van der Waals surface area (Å²) in [5.74, 6) is 0.146. The second-order valence-electron chi connectivity index (χ2n) is 4.28. The van der Waals surface area contributed by atoms with Crippen LogP contribution in [0.4, 0.5) is 11.4 Å². The van der Waals surface area contributed by atoms with Crippen molar-refractivity contribution in [2.24, 2.45) is 0 Å². The molecule has 0 unspecified atom stereocenters. The zero-order valence-electron chi connectivity index (χ0n) is 11.5. The molecule has 0 saturated heterocycles. The Morgan fingerprint density at radius 1 is 1.48 bits per heavy atom. The van der Waals surface area contributed by atoms with Crippen molar-refractivity contribution in [3.05, 3.63) is 51.7 Å². The predicted octanol–water partition coefficient (Wildman–Crippen LogP) is 1.86. The van der Waals surface area contributed by atoms with Crippen LogP contribution >= 0.6 is 0 Å². The number of aromatic nitrogens is 1. The summed E-state index contributed by atoms with van der Waals surface area (Å²) in [4.78, 5) is 26.2. The Balaban J connectivity index is 2.22. The summed E-state index contributed by atoms with van der Waals surface area (Å²) < 4.78 is 5.06. The molecule has 0 fully saturated rings. The van der Waals surface area contributed by atoms with Gasteiger partial charge in [-0.3, -0.25) is 14.9 Å². The first-order valence-corrected chi connectivity index (χ1v) is 6.16. The van der Waals surface area contributed by atoms with Crippen molar-refractivity contribution in [2.45, 2.75) is 13.5 Å². The summed E-state index contributed by atoms with van der Waals surface area (Å²) >= 11 is 0. The van der Waals surface area contributed by atoms with Gasteiger partial charge in [0.25, 0.3) is 11.6 Å². The van der Waals surface area contributed by atoms with Crippen LogP contribution in [-0.2, 0) is 6.54 Å². The molecule has 1 aromatic carbocycles. The molecular formula is C13H14N4O4. The highest BCUT2D eigenvalue weighted by Gasteiger charge is 2.17. The molecule has 8 heteroatoms. The van der Waals surface area contributed by atoms with E-state index in [1.54, 1.807) is 6.92 Å². The Morgan fingerprint density at radius 3 is 2.81 bits per heavy atom. The van der Waals surface area contributed by atoms with E-state index in [1.165, 1.54) is 31.5 Å². The number of nitro groups is 1. The van der Waals surface area contributed by atoms with Gasteiger partial charge in [0.15, 0.2) is 5.89 Å². The number of carbonyl (C=O) groups is 1. The first kappa shape index (κ1) is 14.5. The summed E-state index contributed by atoms with van der Waals surface area (Å²) in [5, 5.41) is 16.4. The molecule has 1 amide bonds. The maximum Gasteiger partial charge on any atom is 0.293 e. The number of hydrogen-bond acceptors (Lipinski definition) is 6. The minimum absolute atomic E-state index is 0.170. The number of nitro benzene ring substituents is 1. The van der Waals surface area contributed by atoms with Crippen molar-refractivity contribution in [1.82, 2.24) is 10.3 Å². The van der Waals surface area contributed by atoms with Crippen molar-refractivity contribution in [3.8, 4) is 0 Å². The molecular weight excluding hydrogens is 276 g/mol. The average Bonchev–Trinajstić information content (AvgIpc) is 2.89. The quantitative estimate of drug-likeness (QED) is 0.642. The summed E-state index contributed by atoms with van der Waals surface area (Å²) in [5.41, 5.74) is 1.01. The minimum Gasteiger partial charge on any atom is -0.449 e. The summed E-state index contributed by atoms with van der Waals surface area (Å²) in [7, 11) is 1.47. The molecule has 110 valence electrons. The molecule has 1 heterocycles. The summed E-state index contributed by atoms with van der Waals surface area (Å²) in [6, 6.07) is 4.24. The van der Waals surface area contributed by atoms with Crippen LogP contribution in [0.5, 0.6) is 0 Å². The van der Waals surface area contributed by atoms with Crippen molar-refractivity contribution in [2.75, 3.05) is 12.4 Å². The lowest BCUT2D eigenvalue weighted by molar-refractivity contribution is -0.384. The normalized spacial score (nSPS) is 10.2. The Hall–Kier alpha value is -2.90. The average molecular weight is 290 g/mol. The van der Waals surface area contributed by atoms with Gasteiger partial charge in [-0.05, 0) is 12.1 Å². The van der Waals surface area contributed by atoms with Gasteiger partial charge < -0.3 is 15.1 Å². The maximum absolute atomic E-state index is 11.5. The molecule has 0 bridgehead atoms. The van der Waals surface area contributed by atoms with E-state index in [-0.39, 0.29) is 23.7 Å². The summed E-state index contributed by atoms with van der Waals surface area (Å²) in [6.07, 6.45) is 1.48. The Bertz CT molecular complexity index is 681. The highest BCUT2D eigenvalue weighted by Crippen LogP contribution is 2.26. The molecule has 0 aliphatic heterocycles. The first-order valence-electron chi connectivity index (χ1n) is 6.16. The van der Waals surface area contributed by atoms with Crippen LogP contribution in [0, 0.1) is 17.0 Å². The van der Waals surface area contributed by atoms with Crippen LogP contribution in [0.15, 0.2) is 28.9 Å². The van der Waals surface area contributed by atoms with E-state index in [0.29, 0.717) is 17.3 Å². The molecule has 0 atom stereocenters. The van der Waals surface area contributed by atoms with Gasteiger partial charge >= 0.3 is 0 Å². The number of carbonyl (C=O) groups excluding carboxylic acids is 1. The van der Waals surface area contributed by atoms with E-state index in [9.17, 15) is 14.9 Å². The SMILES string of the molecule is CNC(=O)c1ccc(NCc2coc(C)n2)c([N+](=O)[O-])c1. The minimum atomic E-state index is -0.539. The van der Waals surface area contributed by atoms with Gasteiger partial charge in [0.1, 0.15) is 12.0 Å². The third-order valence-electron chi connectivity index (χ3n) is 2.81. The highest BCUT2D eigenvalue weighted by atomic mass is 16.6. The zero-order chi connectivity index (χ0) is 15.4. The number of oxazole rings is 1. The molecule has 1 aromatic heterocycles. The topological polar surface area (TPSA) is 110 Å². The number of nitrogens with zero attached hydrogens (tertiary/aromatic N) is 2. The lowest BCUT2D eigenvalue weighted by Gasteiger charge is -2.07. The van der Waals surface area contributed by atoms with Gasteiger partial charge in [0, 0.05) is 25.6 Å². The Labute approximate surface area is 120 Å². The van der Waals surface area contributed by atoms with Gasteiger partial charge in [0.2, 0.25) is 0 Å². The third-order valence-corrected chi connectivity index (χ3v) is 2.81. The molecule has 0 aliphatic carbocycles. The van der Waals surface area contributed by atoms with Crippen LogP contribution in [0.25, 0.3) is 0 Å². The molecule has 0 radical (unpaired) electrons. The second kappa shape index (κ2) is 6.04. The number of nitrogens with one attached hydrogen (secondary N) is 2. The maximum atomic E-state index is 11.5. The number of anilines is 1. The van der Waals surface area contributed by atoms with Gasteiger partial charge in [-0.1, -0.05) is 0 Å². The van der Waals surface area contributed by atoms with Crippen LogP contribution < -0.4 is 10.6 Å². The van der Waals surface area contributed by atoms with Gasteiger partial charge in [-0.15, -0.1) is 0 Å². The van der Waals surface area contributed by atoms with E-state index in [0.717, 1.165) is 0 Å². The number of hydrogen-bond donors (Lipinski definition) is 2. The molecule has 2 N–H and O–H groups in total. The van der Waals surface area contributed by atoms with Crippen molar-refractivity contribution >= 4 is 17.3 Å². The lowest BCUT2D eigenvalue weighted by Crippen LogP contribution is -2.18. The van der Waals surface area contributed by atoms with E-state index >= 15 is 0 Å². The van der Waals surface area contributed by atoms with Crippen LogP contribution in [0.3, 0.4) is 0 Å². The molecule has 2 rings (SSSR count). The molecule has 0 aliphatic rings. The molecule has 2 aromatic rings. The fourth-order valence-electron chi connectivity index (χ4n) is 1.79. The van der Waals surface area contributed by atoms with Crippen molar-refractivity contribution in [3.63, 3.8) is 0 Å². The number of aryl methyl sites for hydroxylation is 1. The van der Waals surface area contributed by atoms with E-state index in [4.69, 9.17) is 4.42 Å². The van der Waals surface area contributed by atoms with E-state index in [1.807, 2.05) is 0 Å². The van der Waals surface area contributed by atoms with Crippen LogP contribution in [-0.4, -0.2) is 22.9 Å². The second-order valence-corrected chi connectivity index (χ2v) is 4.28. The summed E-state index contributed by atoms with van der Waals surface area (Å²) in [6.45, 7) is 2.00. The van der Waals surface area contributed by atoms with Gasteiger partial charge in [-0.25, -0.2) is 4.98 Å². The van der Waals surface area contributed by atoms with Gasteiger partial charge in [0.05, 0.1) is 17.2 Å². The fourth-order valence-corrected chi connectivity index (χ4v) is 1.79. The Morgan fingerprint density at radius 2 is 2.24 bits per heavy atom. The largest absolute Gasteiger partial charge is 0.449 e.